The molecule has 1 atom stereocenters. The van der Waals surface area contributed by atoms with Crippen molar-refractivity contribution in [1.29, 1.82) is 0 Å². The zero-order valence-electron chi connectivity index (χ0n) is 14.6. The molecule has 1 aromatic carbocycles. The van der Waals surface area contributed by atoms with Gasteiger partial charge in [-0.3, -0.25) is 0 Å². The van der Waals surface area contributed by atoms with Crippen molar-refractivity contribution in [2.75, 3.05) is 24.6 Å². The number of halogens is 3. The molecular weight excluding hydrogens is 347 g/mol. The minimum atomic E-state index is -2.77. The molecule has 1 saturated heterocycles. The van der Waals surface area contributed by atoms with E-state index in [1.807, 2.05) is 0 Å². The van der Waals surface area contributed by atoms with E-state index >= 15 is 0 Å². The van der Waals surface area contributed by atoms with Gasteiger partial charge in [0.1, 0.15) is 5.82 Å². The van der Waals surface area contributed by atoms with Gasteiger partial charge in [0, 0.05) is 29.9 Å². The van der Waals surface area contributed by atoms with Gasteiger partial charge in [0.2, 0.25) is 0 Å². The molecule has 1 fully saturated rings. The van der Waals surface area contributed by atoms with Gasteiger partial charge in [-0.05, 0) is 19.1 Å². The maximum atomic E-state index is 14.4. The Morgan fingerprint density at radius 3 is 2.81 bits per heavy atom. The summed E-state index contributed by atoms with van der Waals surface area (Å²) in [6, 6.07) is 4.47. The number of rotatable bonds is 5. The summed E-state index contributed by atoms with van der Waals surface area (Å²) in [6.07, 6.45) is 2.90. The molecule has 140 valence electrons. The first-order valence-corrected chi connectivity index (χ1v) is 8.40. The molecule has 5 nitrogen and oxygen atoms in total. The van der Waals surface area contributed by atoms with E-state index < -0.39 is 30.2 Å². The Bertz CT molecular complexity index is 807. The van der Waals surface area contributed by atoms with E-state index in [0.717, 1.165) is 0 Å². The fourth-order valence-electron chi connectivity index (χ4n) is 2.95. The second-order valence-electron chi connectivity index (χ2n) is 6.47. The Morgan fingerprint density at radius 2 is 2.19 bits per heavy atom. The quantitative estimate of drug-likeness (QED) is 0.761. The number of esters is 1. The second-order valence-corrected chi connectivity index (χ2v) is 6.47. The van der Waals surface area contributed by atoms with Crippen LogP contribution in [-0.4, -0.2) is 41.1 Å². The van der Waals surface area contributed by atoms with Crippen LogP contribution < -0.4 is 4.90 Å². The number of nitrogens with zero attached hydrogens (tertiary/aromatic N) is 3. The van der Waals surface area contributed by atoms with Crippen LogP contribution in [0.2, 0.25) is 0 Å². The van der Waals surface area contributed by atoms with Crippen LogP contribution >= 0.6 is 0 Å². The van der Waals surface area contributed by atoms with Gasteiger partial charge in [-0.25, -0.2) is 22.9 Å². The SMILES string of the molecule is CCOC(=O)c1cn(Cc2ccc(N3CC(C)C(F)(F)C3)cc2F)cn1. The summed E-state index contributed by atoms with van der Waals surface area (Å²) in [5.74, 6) is -4.56. The highest BCUT2D eigenvalue weighted by Crippen LogP contribution is 2.35. The number of benzene rings is 1. The van der Waals surface area contributed by atoms with Crippen LogP contribution in [0.15, 0.2) is 30.7 Å². The van der Waals surface area contributed by atoms with Crippen LogP contribution in [0.25, 0.3) is 0 Å². The van der Waals surface area contributed by atoms with Crippen LogP contribution in [0.1, 0.15) is 29.9 Å². The molecule has 1 unspecified atom stereocenters. The van der Waals surface area contributed by atoms with Crippen molar-refractivity contribution in [1.82, 2.24) is 9.55 Å². The molecule has 1 aliphatic rings. The van der Waals surface area contributed by atoms with E-state index in [1.54, 1.807) is 23.6 Å². The fraction of sp³-hybridized carbons (Fsp3) is 0.444. The molecule has 3 rings (SSSR count). The van der Waals surface area contributed by atoms with Crippen LogP contribution in [0.5, 0.6) is 0 Å². The number of carbonyl (C=O) groups excluding carboxylic acids is 1. The van der Waals surface area contributed by atoms with Gasteiger partial charge in [-0.2, -0.15) is 0 Å². The van der Waals surface area contributed by atoms with Crippen LogP contribution in [0, 0.1) is 11.7 Å². The monoisotopic (exact) mass is 367 g/mol. The first-order valence-electron chi connectivity index (χ1n) is 8.40. The van der Waals surface area contributed by atoms with Gasteiger partial charge in [-0.1, -0.05) is 13.0 Å². The molecule has 0 spiro atoms. The van der Waals surface area contributed by atoms with Gasteiger partial charge >= 0.3 is 5.97 Å². The third kappa shape index (κ3) is 3.68. The van der Waals surface area contributed by atoms with Gasteiger partial charge in [0.05, 0.1) is 26.0 Å². The lowest BCUT2D eigenvalue weighted by Gasteiger charge is -2.19. The molecule has 0 bridgehead atoms. The summed E-state index contributed by atoms with van der Waals surface area (Å²) >= 11 is 0. The Morgan fingerprint density at radius 1 is 1.42 bits per heavy atom. The highest BCUT2D eigenvalue weighted by Gasteiger charge is 2.45. The summed E-state index contributed by atoms with van der Waals surface area (Å²) in [4.78, 5) is 17.0. The minimum Gasteiger partial charge on any atom is -0.461 e. The van der Waals surface area contributed by atoms with Crippen molar-refractivity contribution < 1.29 is 22.7 Å². The molecule has 0 saturated carbocycles. The number of alkyl halides is 2. The van der Waals surface area contributed by atoms with Gasteiger partial charge < -0.3 is 14.2 Å². The van der Waals surface area contributed by atoms with E-state index in [4.69, 9.17) is 4.74 Å². The van der Waals surface area contributed by atoms with Crippen LogP contribution in [0.4, 0.5) is 18.9 Å². The lowest BCUT2D eigenvalue weighted by Crippen LogP contribution is -2.26. The highest BCUT2D eigenvalue weighted by atomic mass is 19.3. The second kappa shape index (κ2) is 7.01. The minimum absolute atomic E-state index is 0.150. The smallest absolute Gasteiger partial charge is 0.358 e. The predicted molar refractivity (Wildman–Crippen MR) is 90.0 cm³/mol. The normalized spacial score (nSPS) is 19.0. The number of carbonyl (C=O) groups is 1. The summed E-state index contributed by atoms with van der Waals surface area (Å²) in [6.45, 7) is 3.39. The standard InChI is InChI=1S/C18H20F3N3O2/c1-3-26-17(25)16-9-23(11-22-16)8-13-4-5-14(6-15(13)19)24-7-12(2)18(20,21)10-24/h4-6,9,11-12H,3,7-8,10H2,1-2H3. The number of ether oxygens (including phenoxy) is 1. The molecule has 0 radical (unpaired) electrons. The first kappa shape index (κ1) is 18.3. The van der Waals surface area contributed by atoms with Crippen LogP contribution in [0.3, 0.4) is 0 Å². The van der Waals surface area contributed by atoms with Gasteiger partial charge in [-0.15, -0.1) is 0 Å². The van der Waals surface area contributed by atoms with Gasteiger partial charge in [0.25, 0.3) is 5.92 Å². The highest BCUT2D eigenvalue weighted by molar-refractivity contribution is 5.86. The predicted octanol–water partition coefficient (Wildman–Crippen LogP) is 3.34. The molecule has 2 heterocycles. The third-order valence-corrected chi connectivity index (χ3v) is 4.49. The Balaban J connectivity index is 1.72. The maximum Gasteiger partial charge on any atom is 0.358 e. The lowest BCUT2D eigenvalue weighted by molar-refractivity contribution is -0.0137. The average Bonchev–Trinajstić information content (AvgIpc) is 3.14. The molecule has 0 N–H and O–H groups in total. The Kier molecular flexibility index (Phi) is 4.93. The van der Waals surface area contributed by atoms with Gasteiger partial charge in [0.15, 0.2) is 5.69 Å². The first-order chi connectivity index (χ1) is 12.3. The van der Waals surface area contributed by atoms with E-state index in [-0.39, 0.29) is 25.4 Å². The summed E-state index contributed by atoms with van der Waals surface area (Å²) in [5, 5.41) is 0. The van der Waals surface area contributed by atoms with Crippen molar-refractivity contribution >= 4 is 11.7 Å². The fourth-order valence-corrected chi connectivity index (χ4v) is 2.95. The third-order valence-electron chi connectivity index (χ3n) is 4.49. The largest absolute Gasteiger partial charge is 0.461 e. The van der Waals surface area contributed by atoms with Crippen molar-refractivity contribution in [3.63, 3.8) is 0 Å². The number of anilines is 1. The number of imidazole rings is 1. The van der Waals surface area contributed by atoms with Crippen molar-refractivity contribution in [2.45, 2.75) is 26.3 Å². The van der Waals surface area contributed by atoms with E-state index in [2.05, 4.69) is 4.98 Å². The number of hydrogen-bond donors (Lipinski definition) is 0. The van der Waals surface area contributed by atoms with Crippen LogP contribution in [-0.2, 0) is 11.3 Å². The van der Waals surface area contributed by atoms with Crippen molar-refractivity contribution in [3.8, 4) is 0 Å². The molecule has 8 heteroatoms. The zero-order valence-corrected chi connectivity index (χ0v) is 14.6. The lowest BCUT2D eigenvalue weighted by atomic mass is 10.1. The average molecular weight is 367 g/mol. The Hall–Kier alpha value is -2.51. The maximum absolute atomic E-state index is 14.4. The Labute approximate surface area is 149 Å². The molecule has 1 aromatic heterocycles. The molecule has 26 heavy (non-hydrogen) atoms. The molecule has 0 amide bonds. The number of hydrogen-bond acceptors (Lipinski definition) is 4. The van der Waals surface area contributed by atoms with Crippen molar-refractivity contribution in [2.24, 2.45) is 5.92 Å². The summed E-state index contributed by atoms with van der Waals surface area (Å²) in [7, 11) is 0. The number of aromatic nitrogens is 2. The van der Waals surface area contributed by atoms with E-state index in [1.165, 1.54) is 30.4 Å². The van der Waals surface area contributed by atoms with E-state index in [9.17, 15) is 18.0 Å². The van der Waals surface area contributed by atoms with E-state index in [0.29, 0.717) is 11.3 Å². The summed E-state index contributed by atoms with van der Waals surface area (Å²) < 4.78 is 48.2. The topological polar surface area (TPSA) is 47.4 Å². The van der Waals surface area contributed by atoms with Crippen molar-refractivity contribution in [3.05, 3.63) is 47.8 Å². The molecular formula is C18H20F3N3O2. The molecule has 1 aliphatic heterocycles. The molecule has 0 aliphatic carbocycles. The summed E-state index contributed by atoms with van der Waals surface area (Å²) in [5.41, 5.74) is 0.964. The molecule has 2 aromatic rings. The zero-order chi connectivity index (χ0) is 18.9.